The summed E-state index contributed by atoms with van der Waals surface area (Å²) in [5.74, 6) is -0.230. The fourth-order valence-corrected chi connectivity index (χ4v) is 3.22. The number of nitrogens with zero attached hydrogens (tertiary/aromatic N) is 1. The summed E-state index contributed by atoms with van der Waals surface area (Å²) in [5, 5.41) is 0. The Morgan fingerprint density at radius 3 is 2.70 bits per heavy atom. The summed E-state index contributed by atoms with van der Waals surface area (Å²) in [6.07, 6.45) is 3.29. The van der Waals surface area contributed by atoms with Gasteiger partial charge in [0.1, 0.15) is 0 Å². The first-order valence-electron chi connectivity index (χ1n) is 8.18. The number of methoxy groups -OCH3 is 1. The van der Waals surface area contributed by atoms with Crippen molar-refractivity contribution in [2.75, 3.05) is 26.8 Å². The largest absolute Gasteiger partial charge is 0.385 e. The smallest absolute Gasteiger partial charge is 0.225 e. The minimum Gasteiger partial charge on any atom is -0.385 e. The maximum absolute atomic E-state index is 12.5. The molecule has 1 aromatic carbocycles. The van der Waals surface area contributed by atoms with Gasteiger partial charge in [-0.1, -0.05) is 30.3 Å². The molecular formula is C18H26N2O3. The summed E-state index contributed by atoms with van der Waals surface area (Å²) in [6, 6.07) is 9.96. The van der Waals surface area contributed by atoms with Gasteiger partial charge in [0, 0.05) is 33.2 Å². The molecule has 0 aromatic heterocycles. The molecule has 0 bridgehead atoms. The van der Waals surface area contributed by atoms with E-state index in [1.807, 2.05) is 30.3 Å². The molecule has 1 unspecified atom stereocenters. The number of ether oxygens (including phenoxy) is 1. The van der Waals surface area contributed by atoms with E-state index in [0.717, 1.165) is 24.8 Å². The molecule has 0 spiro atoms. The Balaban J connectivity index is 1.96. The highest BCUT2D eigenvalue weighted by atomic mass is 16.5. The van der Waals surface area contributed by atoms with Crippen LogP contribution < -0.4 is 5.73 Å². The van der Waals surface area contributed by atoms with E-state index in [1.165, 1.54) is 0 Å². The molecule has 1 aliphatic heterocycles. The average Bonchev–Trinajstić information content (AvgIpc) is 2.59. The monoisotopic (exact) mass is 318 g/mol. The van der Waals surface area contributed by atoms with Crippen molar-refractivity contribution in [3.05, 3.63) is 35.9 Å². The third-order valence-corrected chi connectivity index (χ3v) is 4.71. The maximum Gasteiger partial charge on any atom is 0.225 e. The molecule has 2 amide bonds. The maximum atomic E-state index is 12.5. The van der Waals surface area contributed by atoms with Crippen molar-refractivity contribution in [2.24, 2.45) is 11.1 Å². The summed E-state index contributed by atoms with van der Waals surface area (Å²) in [5.41, 5.74) is 6.15. The summed E-state index contributed by atoms with van der Waals surface area (Å²) >= 11 is 0. The van der Waals surface area contributed by atoms with E-state index in [2.05, 4.69) is 0 Å². The molecule has 1 aliphatic rings. The molecule has 0 saturated carbocycles. The van der Waals surface area contributed by atoms with E-state index in [0.29, 0.717) is 32.5 Å². The normalized spacial score (nSPS) is 21.2. The number of nitrogens with two attached hydrogens (primary N) is 1. The number of hydrogen-bond donors (Lipinski definition) is 1. The third kappa shape index (κ3) is 4.55. The van der Waals surface area contributed by atoms with Gasteiger partial charge in [-0.2, -0.15) is 0 Å². The van der Waals surface area contributed by atoms with Crippen LogP contribution in [0.4, 0.5) is 0 Å². The van der Waals surface area contributed by atoms with Gasteiger partial charge in [0.15, 0.2) is 0 Å². The van der Waals surface area contributed by atoms with Crippen LogP contribution in [0.5, 0.6) is 0 Å². The number of benzene rings is 1. The van der Waals surface area contributed by atoms with Gasteiger partial charge in [-0.05, 0) is 31.2 Å². The number of rotatable bonds is 7. The van der Waals surface area contributed by atoms with Crippen LogP contribution in [-0.2, 0) is 20.7 Å². The molecule has 0 radical (unpaired) electrons. The Hall–Kier alpha value is -1.88. The van der Waals surface area contributed by atoms with E-state index >= 15 is 0 Å². The average molecular weight is 318 g/mol. The predicted octanol–water partition coefficient (Wildman–Crippen LogP) is 1.75. The van der Waals surface area contributed by atoms with E-state index in [9.17, 15) is 9.59 Å². The van der Waals surface area contributed by atoms with Gasteiger partial charge in [-0.15, -0.1) is 0 Å². The van der Waals surface area contributed by atoms with Crippen LogP contribution in [0, 0.1) is 5.41 Å². The fraction of sp³-hybridized carbons (Fsp3) is 0.556. The standard InChI is InChI=1S/C18H26N2O3/c1-23-13-11-18(17(19)22)10-5-12-20(14-18)16(21)9-8-15-6-3-2-4-7-15/h2-4,6-7H,5,8-14H2,1H3,(H2,19,22). The first kappa shape index (κ1) is 17.5. The molecule has 2 N–H and O–H groups in total. The van der Waals surface area contributed by atoms with Crippen LogP contribution in [0.3, 0.4) is 0 Å². The molecule has 1 fully saturated rings. The summed E-state index contributed by atoms with van der Waals surface area (Å²) in [4.78, 5) is 26.3. The third-order valence-electron chi connectivity index (χ3n) is 4.71. The minimum atomic E-state index is -0.642. The van der Waals surface area contributed by atoms with Crippen molar-refractivity contribution in [3.63, 3.8) is 0 Å². The van der Waals surface area contributed by atoms with Crippen LogP contribution in [0.2, 0.25) is 0 Å². The van der Waals surface area contributed by atoms with E-state index in [4.69, 9.17) is 10.5 Å². The lowest BCUT2D eigenvalue weighted by molar-refractivity contribution is -0.141. The Bertz CT molecular complexity index is 532. The zero-order chi connectivity index (χ0) is 16.7. The Morgan fingerprint density at radius 1 is 1.30 bits per heavy atom. The number of likely N-dealkylation sites (tertiary alicyclic amines) is 1. The lowest BCUT2D eigenvalue weighted by Gasteiger charge is -2.40. The Kier molecular flexibility index (Phi) is 6.16. The van der Waals surface area contributed by atoms with Crippen molar-refractivity contribution in [2.45, 2.75) is 32.1 Å². The number of piperidine rings is 1. The molecule has 1 atom stereocenters. The topological polar surface area (TPSA) is 72.6 Å². The van der Waals surface area contributed by atoms with Gasteiger partial charge in [0.05, 0.1) is 5.41 Å². The molecule has 5 heteroatoms. The summed E-state index contributed by atoms with van der Waals surface area (Å²) in [7, 11) is 1.61. The number of hydrogen-bond acceptors (Lipinski definition) is 3. The molecule has 2 rings (SSSR count). The van der Waals surface area contributed by atoms with Crippen molar-refractivity contribution in [1.29, 1.82) is 0 Å². The lowest BCUT2D eigenvalue weighted by Crippen LogP contribution is -2.52. The molecule has 1 aromatic rings. The number of primary amides is 1. The second kappa shape index (κ2) is 8.11. The Labute approximate surface area is 137 Å². The first-order valence-corrected chi connectivity index (χ1v) is 8.18. The minimum absolute atomic E-state index is 0.0941. The van der Waals surface area contributed by atoms with Crippen LogP contribution in [0.1, 0.15) is 31.2 Å². The number of carbonyl (C=O) groups is 2. The van der Waals surface area contributed by atoms with Gasteiger partial charge in [-0.3, -0.25) is 9.59 Å². The first-order chi connectivity index (χ1) is 11.1. The zero-order valence-electron chi connectivity index (χ0n) is 13.8. The molecule has 23 heavy (non-hydrogen) atoms. The van der Waals surface area contributed by atoms with Gasteiger partial charge in [0.2, 0.25) is 11.8 Å². The Morgan fingerprint density at radius 2 is 2.04 bits per heavy atom. The van der Waals surface area contributed by atoms with Crippen molar-refractivity contribution in [3.8, 4) is 0 Å². The molecule has 1 saturated heterocycles. The summed E-state index contributed by atoms with van der Waals surface area (Å²) in [6.45, 7) is 1.60. The highest BCUT2D eigenvalue weighted by Crippen LogP contribution is 2.33. The van der Waals surface area contributed by atoms with E-state index in [1.54, 1.807) is 12.0 Å². The van der Waals surface area contributed by atoms with Crippen molar-refractivity contribution >= 4 is 11.8 Å². The molecular weight excluding hydrogens is 292 g/mol. The lowest BCUT2D eigenvalue weighted by atomic mass is 9.76. The number of carbonyl (C=O) groups excluding carboxylic acids is 2. The van der Waals surface area contributed by atoms with Gasteiger partial charge < -0.3 is 15.4 Å². The quantitative estimate of drug-likeness (QED) is 0.832. The predicted molar refractivity (Wildman–Crippen MR) is 88.7 cm³/mol. The van der Waals surface area contributed by atoms with Crippen LogP contribution in [-0.4, -0.2) is 43.5 Å². The molecule has 126 valence electrons. The highest BCUT2D eigenvalue weighted by molar-refractivity contribution is 5.83. The second-order valence-electron chi connectivity index (χ2n) is 6.29. The zero-order valence-corrected chi connectivity index (χ0v) is 13.8. The van der Waals surface area contributed by atoms with Gasteiger partial charge in [0.25, 0.3) is 0 Å². The van der Waals surface area contributed by atoms with Crippen LogP contribution in [0.15, 0.2) is 30.3 Å². The van der Waals surface area contributed by atoms with Crippen LogP contribution >= 0.6 is 0 Å². The SMILES string of the molecule is COCCC1(C(N)=O)CCCN(C(=O)CCc2ccccc2)C1. The molecule has 5 nitrogen and oxygen atoms in total. The van der Waals surface area contributed by atoms with Crippen molar-refractivity contribution in [1.82, 2.24) is 4.90 Å². The number of aryl methyl sites for hydroxylation is 1. The van der Waals surface area contributed by atoms with Crippen LogP contribution in [0.25, 0.3) is 0 Å². The van der Waals surface area contributed by atoms with Gasteiger partial charge >= 0.3 is 0 Å². The molecule has 1 heterocycles. The molecule has 0 aliphatic carbocycles. The van der Waals surface area contributed by atoms with E-state index in [-0.39, 0.29) is 11.8 Å². The number of amides is 2. The fourth-order valence-electron chi connectivity index (χ4n) is 3.22. The van der Waals surface area contributed by atoms with E-state index < -0.39 is 5.41 Å². The summed E-state index contributed by atoms with van der Waals surface area (Å²) < 4.78 is 5.11. The van der Waals surface area contributed by atoms with Gasteiger partial charge in [-0.25, -0.2) is 0 Å². The van der Waals surface area contributed by atoms with Crippen molar-refractivity contribution < 1.29 is 14.3 Å². The highest BCUT2D eigenvalue weighted by Gasteiger charge is 2.41. The second-order valence-corrected chi connectivity index (χ2v) is 6.29.